The van der Waals surface area contributed by atoms with Crippen LogP contribution in [0.15, 0.2) is 42.5 Å². The summed E-state index contributed by atoms with van der Waals surface area (Å²) in [6.07, 6.45) is -0.622. The van der Waals surface area contributed by atoms with Gasteiger partial charge in [-0.25, -0.2) is 0 Å². The molecule has 6 heteroatoms. The molecule has 0 saturated carbocycles. The van der Waals surface area contributed by atoms with Crippen LogP contribution in [0.5, 0.6) is 23.0 Å². The molecule has 0 bridgehead atoms. The molecule has 0 spiro atoms. The second kappa shape index (κ2) is 7.12. The van der Waals surface area contributed by atoms with Crippen LogP contribution in [0, 0.1) is 0 Å². The molecular formula is C18H19NO5. The largest absolute Gasteiger partial charge is 0.497 e. The summed E-state index contributed by atoms with van der Waals surface area (Å²) in [7, 11) is 1.62. The molecule has 24 heavy (non-hydrogen) atoms. The first-order valence-corrected chi connectivity index (χ1v) is 7.62. The van der Waals surface area contributed by atoms with Gasteiger partial charge in [-0.05, 0) is 36.8 Å². The zero-order valence-corrected chi connectivity index (χ0v) is 13.6. The third kappa shape index (κ3) is 3.71. The van der Waals surface area contributed by atoms with E-state index in [0.717, 1.165) is 11.3 Å². The van der Waals surface area contributed by atoms with Crippen LogP contribution in [0.3, 0.4) is 0 Å². The van der Waals surface area contributed by atoms with E-state index in [1.165, 1.54) is 0 Å². The smallest absolute Gasteiger partial charge is 0.261 e. The molecule has 1 unspecified atom stereocenters. The number of fused-ring (bicyclic) bond motifs is 1. The van der Waals surface area contributed by atoms with Crippen LogP contribution in [0.4, 0.5) is 0 Å². The topological polar surface area (TPSA) is 66.0 Å². The Morgan fingerprint density at radius 1 is 1.12 bits per heavy atom. The molecule has 0 saturated heterocycles. The fourth-order valence-electron chi connectivity index (χ4n) is 2.28. The van der Waals surface area contributed by atoms with Crippen molar-refractivity contribution in [3.05, 3.63) is 48.0 Å². The molecule has 1 amide bonds. The van der Waals surface area contributed by atoms with Gasteiger partial charge in [-0.15, -0.1) is 0 Å². The lowest BCUT2D eigenvalue weighted by atomic mass is 10.2. The summed E-state index contributed by atoms with van der Waals surface area (Å²) in [6, 6.07) is 12.8. The zero-order valence-electron chi connectivity index (χ0n) is 13.6. The molecule has 1 atom stereocenters. The Bertz CT molecular complexity index is 714. The van der Waals surface area contributed by atoms with E-state index in [4.69, 9.17) is 18.9 Å². The standard InChI is InChI=1S/C18H19NO5/c1-12(24-15-7-8-16-17(9-15)23-11-22-16)18(20)19-10-13-3-5-14(21-2)6-4-13/h3-9,12H,10-11H2,1-2H3,(H,19,20). The third-order valence-corrected chi connectivity index (χ3v) is 3.65. The number of ether oxygens (including phenoxy) is 4. The van der Waals surface area contributed by atoms with Gasteiger partial charge in [0.05, 0.1) is 7.11 Å². The van der Waals surface area contributed by atoms with Gasteiger partial charge in [-0.3, -0.25) is 4.79 Å². The first kappa shape index (κ1) is 16.0. The number of amides is 1. The van der Waals surface area contributed by atoms with Gasteiger partial charge < -0.3 is 24.3 Å². The van der Waals surface area contributed by atoms with Crippen LogP contribution in [0.25, 0.3) is 0 Å². The summed E-state index contributed by atoms with van der Waals surface area (Å²) < 4.78 is 21.3. The normalized spacial score (nSPS) is 13.2. The summed E-state index contributed by atoms with van der Waals surface area (Å²) in [4.78, 5) is 12.2. The minimum Gasteiger partial charge on any atom is -0.497 e. The Labute approximate surface area is 140 Å². The van der Waals surface area contributed by atoms with Crippen molar-refractivity contribution in [3.63, 3.8) is 0 Å². The molecule has 0 aliphatic carbocycles. The van der Waals surface area contributed by atoms with E-state index < -0.39 is 6.10 Å². The average molecular weight is 329 g/mol. The Balaban J connectivity index is 1.52. The van der Waals surface area contributed by atoms with Crippen molar-refractivity contribution in [2.45, 2.75) is 19.6 Å². The summed E-state index contributed by atoms with van der Waals surface area (Å²) in [5.41, 5.74) is 0.986. The number of nitrogens with one attached hydrogen (secondary N) is 1. The van der Waals surface area contributed by atoms with E-state index >= 15 is 0 Å². The minimum absolute atomic E-state index is 0.191. The van der Waals surface area contributed by atoms with Crippen molar-refractivity contribution in [1.82, 2.24) is 5.32 Å². The molecule has 6 nitrogen and oxygen atoms in total. The van der Waals surface area contributed by atoms with E-state index in [9.17, 15) is 4.79 Å². The lowest BCUT2D eigenvalue weighted by Gasteiger charge is -2.15. The van der Waals surface area contributed by atoms with Crippen molar-refractivity contribution < 1.29 is 23.7 Å². The maximum Gasteiger partial charge on any atom is 0.261 e. The van der Waals surface area contributed by atoms with E-state index in [0.29, 0.717) is 23.8 Å². The van der Waals surface area contributed by atoms with Gasteiger partial charge in [0, 0.05) is 12.6 Å². The maximum absolute atomic E-state index is 12.2. The molecule has 2 aromatic carbocycles. The third-order valence-electron chi connectivity index (χ3n) is 3.65. The van der Waals surface area contributed by atoms with Gasteiger partial charge in [-0.1, -0.05) is 12.1 Å². The van der Waals surface area contributed by atoms with Crippen molar-refractivity contribution in [2.24, 2.45) is 0 Å². The molecule has 1 N–H and O–H groups in total. The predicted octanol–water partition coefficient (Wildman–Crippen LogP) is 2.51. The van der Waals surface area contributed by atoms with E-state index in [2.05, 4.69) is 5.32 Å². The Morgan fingerprint density at radius 3 is 2.58 bits per heavy atom. The highest BCUT2D eigenvalue weighted by Gasteiger charge is 2.18. The van der Waals surface area contributed by atoms with Crippen molar-refractivity contribution in [1.29, 1.82) is 0 Å². The summed E-state index contributed by atoms with van der Waals surface area (Å²) in [6.45, 7) is 2.34. The number of rotatable bonds is 6. The van der Waals surface area contributed by atoms with Crippen molar-refractivity contribution in [2.75, 3.05) is 13.9 Å². The fourth-order valence-corrected chi connectivity index (χ4v) is 2.28. The quantitative estimate of drug-likeness (QED) is 0.882. The lowest BCUT2D eigenvalue weighted by Crippen LogP contribution is -2.35. The second-order valence-corrected chi connectivity index (χ2v) is 5.34. The monoisotopic (exact) mass is 329 g/mol. The van der Waals surface area contributed by atoms with E-state index in [-0.39, 0.29) is 12.7 Å². The molecule has 1 aliphatic rings. The maximum atomic E-state index is 12.2. The highest BCUT2D eigenvalue weighted by Crippen LogP contribution is 2.35. The lowest BCUT2D eigenvalue weighted by molar-refractivity contribution is -0.127. The van der Waals surface area contributed by atoms with Crippen LogP contribution in [-0.4, -0.2) is 25.9 Å². The SMILES string of the molecule is COc1ccc(CNC(=O)C(C)Oc2ccc3c(c2)OCO3)cc1. The number of hydrogen-bond acceptors (Lipinski definition) is 5. The molecule has 0 aromatic heterocycles. The van der Waals surface area contributed by atoms with Crippen LogP contribution in [-0.2, 0) is 11.3 Å². The molecule has 0 fully saturated rings. The number of carbonyl (C=O) groups excluding carboxylic acids is 1. The van der Waals surface area contributed by atoms with Crippen molar-refractivity contribution >= 4 is 5.91 Å². The molecule has 3 rings (SSSR count). The van der Waals surface area contributed by atoms with Gasteiger partial charge in [-0.2, -0.15) is 0 Å². The number of carbonyl (C=O) groups is 1. The van der Waals surface area contributed by atoms with Gasteiger partial charge in [0.2, 0.25) is 6.79 Å². The highest BCUT2D eigenvalue weighted by atomic mass is 16.7. The van der Waals surface area contributed by atoms with Crippen LogP contribution >= 0.6 is 0 Å². The first-order chi connectivity index (χ1) is 11.7. The van der Waals surface area contributed by atoms with Gasteiger partial charge >= 0.3 is 0 Å². The van der Waals surface area contributed by atoms with Gasteiger partial charge in [0.25, 0.3) is 5.91 Å². The van der Waals surface area contributed by atoms with Gasteiger partial charge in [0.15, 0.2) is 17.6 Å². The Kier molecular flexibility index (Phi) is 4.74. The van der Waals surface area contributed by atoms with E-state index in [1.807, 2.05) is 24.3 Å². The summed E-state index contributed by atoms with van der Waals surface area (Å²) >= 11 is 0. The van der Waals surface area contributed by atoms with Crippen LogP contribution in [0.2, 0.25) is 0 Å². The van der Waals surface area contributed by atoms with Crippen molar-refractivity contribution in [3.8, 4) is 23.0 Å². The molecule has 0 radical (unpaired) electrons. The Morgan fingerprint density at radius 2 is 1.83 bits per heavy atom. The molecule has 1 heterocycles. The van der Waals surface area contributed by atoms with Crippen LogP contribution < -0.4 is 24.3 Å². The number of benzene rings is 2. The van der Waals surface area contributed by atoms with Crippen LogP contribution in [0.1, 0.15) is 12.5 Å². The fraction of sp³-hybridized carbons (Fsp3) is 0.278. The molecule has 1 aliphatic heterocycles. The molecule has 126 valence electrons. The first-order valence-electron chi connectivity index (χ1n) is 7.62. The van der Waals surface area contributed by atoms with Gasteiger partial charge in [0.1, 0.15) is 11.5 Å². The summed E-state index contributed by atoms with van der Waals surface area (Å²) in [5.74, 6) is 2.46. The second-order valence-electron chi connectivity index (χ2n) is 5.34. The number of methoxy groups -OCH3 is 1. The van der Waals surface area contributed by atoms with E-state index in [1.54, 1.807) is 32.2 Å². The molecule has 2 aromatic rings. The predicted molar refractivity (Wildman–Crippen MR) is 87.5 cm³/mol. The minimum atomic E-state index is -0.622. The Hall–Kier alpha value is -2.89. The number of hydrogen-bond donors (Lipinski definition) is 1. The average Bonchev–Trinajstić information content (AvgIpc) is 3.07. The zero-order chi connectivity index (χ0) is 16.9. The molecular weight excluding hydrogens is 310 g/mol. The highest BCUT2D eigenvalue weighted by molar-refractivity contribution is 5.80. The summed E-state index contributed by atoms with van der Waals surface area (Å²) in [5, 5.41) is 2.85.